The van der Waals surface area contributed by atoms with Gasteiger partial charge in [0.05, 0.1) is 23.8 Å². The van der Waals surface area contributed by atoms with Crippen molar-refractivity contribution < 1.29 is 24.8 Å². The van der Waals surface area contributed by atoms with Crippen molar-refractivity contribution in [2.75, 3.05) is 7.11 Å². The van der Waals surface area contributed by atoms with Crippen LogP contribution in [0.2, 0.25) is 0 Å². The van der Waals surface area contributed by atoms with Crippen molar-refractivity contribution in [1.29, 1.82) is 0 Å². The molecule has 1 heterocycles. The van der Waals surface area contributed by atoms with Crippen LogP contribution < -0.4 is 4.74 Å². The standard InChI is InChI=1S/C15H14O5/c1-7-3-8-4-9-5-10(19-2)6-11(16)12(9)14(17)13(8)15(18)20-7/h3-6,15-18H,1-2H3. The van der Waals surface area contributed by atoms with Gasteiger partial charge in [-0.1, -0.05) is 0 Å². The van der Waals surface area contributed by atoms with Crippen molar-refractivity contribution in [2.45, 2.75) is 13.2 Å². The van der Waals surface area contributed by atoms with Crippen LogP contribution in [0.25, 0.3) is 16.8 Å². The molecule has 0 saturated heterocycles. The normalized spacial score (nSPS) is 17.4. The molecule has 2 aromatic carbocycles. The summed E-state index contributed by atoms with van der Waals surface area (Å²) in [4.78, 5) is 0. The van der Waals surface area contributed by atoms with Gasteiger partial charge in [-0.15, -0.1) is 0 Å². The second kappa shape index (κ2) is 4.31. The number of methoxy groups -OCH3 is 1. The van der Waals surface area contributed by atoms with E-state index in [0.29, 0.717) is 22.5 Å². The number of fused-ring (bicyclic) bond motifs is 2. The molecule has 0 aromatic heterocycles. The summed E-state index contributed by atoms with van der Waals surface area (Å²) >= 11 is 0. The quantitative estimate of drug-likeness (QED) is 0.745. The van der Waals surface area contributed by atoms with Gasteiger partial charge in [0.2, 0.25) is 6.29 Å². The van der Waals surface area contributed by atoms with E-state index >= 15 is 0 Å². The predicted molar refractivity (Wildman–Crippen MR) is 73.5 cm³/mol. The zero-order chi connectivity index (χ0) is 14.4. The topological polar surface area (TPSA) is 79.2 Å². The van der Waals surface area contributed by atoms with E-state index < -0.39 is 6.29 Å². The van der Waals surface area contributed by atoms with Crippen LogP contribution in [0.1, 0.15) is 24.3 Å². The number of hydrogen-bond donors (Lipinski definition) is 3. The summed E-state index contributed by atoms with van der Waals surface area (Å²) in [5.41, 5.74) is 0.905. The molecule has 3 rings (SSSR count). The fraction of sp³-hybridized carbons (Fsp3) is 0.200. The van der Waals surface area contributed by atoms with Gasteiger partial charge in [0.25, 0.3) is 0 Å². The number of allylic oxidation sites excluding steroid dienone is 1. The number of aliphatic hydroxyl groups is 1. The number of hydrogen-bond acceptors (Lipinski definition) is 5. The summed E-state index contributed by atoms with van der Waals surface area (Å²) in [5, 5.41) is 31.2. The highest BCUT2D eigenvalue weighted by molar-refractivity contribution is 5.97. The third kappa shape index (κ3) is 1.75. The Balaban J connectivity index is 2.39. The van der Waals surface area contributed by atoms with Gasteiger partial charge in [-0.05, 0) is 36.1 Å². The van der Waals surface area contributed by atoms with Crippen LogP contribution in [-0.4, -0.2) is 22.4 Å². The zero-order valence-corrected chi connectivity index (χ0v) is 11.0. The number of benzene rings is 2. The Labute approximate surface area is 115 Å². The Bertz CT molecular complexity index is 733. The first-order valence-corrected chi connectivity index (χ1v) is 6.11. The minimum Gasteiger partial charge on any atom is -0.507 e. The van der Waals surface area contributed by atoms with Crippen molar-refractivity contribution in [3.63, 3.8) is 0 Å². The van der Waals surface area contributed by atoms with Crippen LogP contribution in [0, 0.1) is 0 Å². The lowest BCUT2D eigenvalue weighted by Crippen LogP contribution is -2.09. The fourth-order valence-electron chi connectivity index (χ4n) is 2.50. The average molecular weight is 274 g/mol. The van der Waals surface area contributed by atoms with E-state index in [1.165, 1.54) is 13.2 Å². The number of phenolic OH excluding ortho intramolecular Hbond substituents is 2. The summed E-state index contributed by atoms with van der Waals surface area (Å²) in [6.07, 6.45) is 0.471. The van der Waals surface area contributed by atoms with E-state index in [1.54, 1.807) is 25.1 Å². The van der Waals surface area contributed by atoms with E-state index in [0.717, 1.165) is 0 Å². The van der Waals surface area contributed by atoms with Crippen molar-refractivity contribution in [3.05, 3.63) is 35.1 Å². The zero-order valence-electron chi connectivity index (χ0n) is 11.0. The lowest BCUT2D eigenvalue weighted by Gasteiger charge is -2.23. The molecule has 0 amide bonds. The summed E-state index contributed by atoms with van der Waals surface area (Å²) in [6, 6.07) is 4.88. The number of phenols is 2. The lowest BCUT2D eigenvalue weighted by molar-refractivity contribution is -0.0699. The first-order valence-electron chi connectivity index (χ1n) is 6.11. The van der Waals surface area contributed by atoms with Gasteiger partial charge >= 0.3 is 0 Å². The first kappa shape index (κ1) is 12.6. The molecule has 0 radical (unpaired) electrons. The molecule has 0 aliphatic carbocycles. The molecule has 0 fully saturated rings. The fourth-order valence-corrected chi connectivity index (χ4v) is 2.50. The SMILES string of the molecule is COc1cc(O)c2c(O)c3c(cc2c1)C=C(C)OC3O. The second-order valence-electron chi connectivity index (χ2n) is 4.70. The van der Waals surface area contributed by atoms with Crippen LogP contribution in [0.15, 0.2) is 24.0 Å². The number of aromatic hydroxyl groups is 2. The lowest BCUT2D eigenvalue weighted by atomic mass is 9.96. The number of rotatable bonds is 1. The van der Waals surface area contributed by atoms with Crippen LogP contribution in [0.5, 0.6) is 17.2 Å². The van der Waals surface area contributed by atoms with Crippen molar-refractivity contribution in [2.24, 2.45) is 0 Å². The van der Waals surface area contributed by atoms with Gasteiger partial charge in [-0.25, -0.2) is 0 Å². The van der Waals surface area contributed by atoms with Gasteiger partial charge in [0, 0.05) is 6.07 Å². The maximum atomic E-state index is 10.3. The van der Waals surface area contributed by atoms with Crippen LogP contribution >= 0.6 is 0 Å². The molecule has 5 heteroatoms. The van der Waals surface area contributed by atoms with E-state index in [-0.39, 0.29) is 22.4 Å². The third-order valence-corrected chi connectivity index (χ3v) is 3.37. The number of aliphatic hydroxyl groups excluding tert-OH is 1. The summed E-state index contributed by atoms with van der Waals surface area (Å²) in [6.45, 7) is 1.72. The molecular formula is C15H14O5. The smallest absolute Gasteiger partial charge is 0.227 e. The van der Waals surface area contributed by atoms with Crippen LogP contribution in [-0.2, 0) is 4.74 Å². The number of ether oxygens (including phenoxy) is 2. The Morgan fingerprint density at radius 1 is 1.20 bits per heavy atom. The van der Waals surface area contributed by atoms with Gasteiger partial charge in [0.15, 0.2) is 0 Å². The summed E-state index contributed by atoms with van der Waals surface area (Å²) in [5.74, 6) is 0.741. The molecule has 0 bridgehead atoms. The van der Waals surface area contributed by atoms with E-state index in [4.69, 9.17) is 9.47 Å². The minimum absolute atomic E-state index is 0.113. The summed E-state index contributed by atoms with van der Waals surface area (Å²) in [7, 11) is 1.50. The van der Waals surface area contributed by atoms with Crippen molar-refractivity contribution in [1.82, 2.24) is 0 Å². The van der Waals surface area contributed by atoms with Crippen molar-refractivity contribution in [3.8, 4) is 17.2 Å². The van der Waals surface area contributed by atoms with Crippen LogP contribution in [0.3, 0.4) is 0 Å². The van der Waals surface area contributed by atoms with E-state index in [9.17, 15) is 15.3 Å². The molecule has 3 N–H and O–H groups in total. The highest BCUT2D eigenvalue weighted by atomic mass is 16.6. The van der Waals surface area contributed by atoms with Gasteiger partial charge in [-0.2, -0.15) is 0 Å². The molecular weight excluding hydrogens is 260 g/mol. The third-order valence-electron chi connectivity index (χ3n) is 3.37. The van der Waals surface area contributed by atoms with E-state index in [2.05, 4.69) is 0 Å². The van der Waals surface area contributed by atoms with Crippen molar-refractivity contribution >= 4 is 16.8 Å². The Morgan fingerprint density at radius 3 is 2.65 bits per heavy atom. The highest BCUT2D eigenvalue weighted by Gasteiger charge is 2.25. The van der Waals surface area contributed by atoms with Crippen LogP contribution in [0.4, 0.5) is 0 Å². The molecule has 1 atom stereocenters. The molecule has 5 nitrogen and oxygen atoms in total. The maximum absolute atomic E-state index is 10.3. The monoisotopic (exact) mass is 274 g/mol. The Hall–Kier alpha value is -2.40. The molecule has 1 aliphatic heterocycles. The van der Waals surface area contributed by atoms with Gasteiger partial charge in [0.1, 0.15) is 17.2 Å². The van der Waals surface area contributed by atoms with E-state index in [1.807, 2.05) is 0 Å². The molecule has 0 saturated carbocycles. The van der Waals surface area contributed by atoms with Gasteiger partial charge in [-0.3, -0.25) is 0 Å². The Kier molecular flexibility index (Phi) is 2.72. The first-order chi connectivity index (χ1) is 9.51. The summed E-state index contributed by atoms with van der Waals surface area (Å²) < 4.78 is 10.3. The average Bonchev–Trinajstić information content (AvgIpc) is 2.36. The second-order valence-corrected chi connectivity index (χ2v) is 4.70. The minimum atomic E-state index is -1.25. The largest absolute Gasteiger partial charge is 0.507 e. The van der Waals surface area contributed by atoms with Gasteiger partial charge < -0.3 is 24.8 Å². The molecule has 2 aromatic rings. The molecule has 1 unspecified atom stereocenters. The highest BCUT2D eigenvalue weighted by Crippen LogP contribution is 2.44. The molecule has 104 valence electrons. The molecule has 1 aliphatic rings. The molecule has 20 heavy (non-hydrogen) atoms. The maximum Gasteiger partial charge on any atom is 0.227 e. The Morgan fingerprint density at radius 2 is 1.95 bits per heavy atom. The molecule has 0 spiro atoms. The predicted octanol–water partition coefficient (Wildman–Crippen LogP) is 2.64.